The molecule has 0 radical (unpaired) electrons. The van der Waals surface area contributed by atoms with E-state index in [9.17, 15) is 9.59 Å². The summed E-state index contributed by atoms with van der Waals surface area (Å²) in [6.45, 7) is 7.94. The number of esters is 1. The second-order valence-corrected chi connectivity index (χ2v) is 9.20. The molecule has 1 heterocycles. The van der Waals surface area contributed by atoms with Crippen LogP contribution < -0.4 is 10.2 Å². The fourth-order valence-corrected chi connectivity index (χ4v) is 5.54. The minimum absolute atomic E-state index is 0.00869. The van der Waals surface area contributed by atoms with E-state index in [-0.39, 0.29) is 11.7 Å². The Bertz CT molecular complexity index is 1160. The van der Waals surface area contributed by atoms with Gasteiger partial charge in [0.2, 0.25) is 0 Å². The van der Waals surface area contributed by atoms with Crippen molar-refractivity contribution in [2.75, 3.05) is 25.1 Å². The number of halogens is 1. The summed E-state index contributed by atoms with van der Waals surface area (Å²) in [6.07, 6.45) is 1.01. The molecule has 2 aliphatic rings. The number of ketones is 1. The molecule has 0 saturated heterocycles. The summed E-state index contributed by atoms with van der Waals surface area (Å²) in [5.41, 5.74) is 5.73. The lowest BCUT2D eigenvalue weighted by molar-refractivity contribution is -0.136. The number of nitrogens with zero attached hydrogens (tertiary/aromatic N) is 1. The van der Waals surface area contributed by atoms with Crippen molar-refractivity contribution in [2.24, 2.45) is 0 Å². The molecule has 2 aromatic rings. The molecule has 0 amide bonds. The third kappa shape index (κ3) is 4.37. The molecule has 178 valence electrons. The summed E-state index contributed by atoms with van der Waals surface area (Å²) in [7, 11) is 1.38. The van der Waals surface area contributed by atoms with Gasteiger partial charge in [-0.3, -0.25) is 4.79 Å². The van der Waals surface area contributed by atoms with Gasteiger partial charge in [-0.1, -0.05) is 41.9 Å². The lowest BCUT2D eigenvalue weighted by Crippen LogP contribution is -2.36. The van der Waals surface area contributed by atoms with Gasteiger partial charge in [0.25, 0.3) is 0 Å². The molecule has 0 aromatic heterocycles. The van der Waals surface area contributed by atoms with E-state index in [0.717, 1.165) is 41.3 Å². The molecule has 2 atom stereocenters. The number of nitrogens with one attached hydrogen (secondary N) is 1. The Morgan fingerprint density at radius 3 is 2.38 bits per heavy atom. The highest BCUT2D eigenvalue weighted by molar-refractivity contribution is 6.31. The number of allylic oxidation sites excluding steroid dienone is 3. The Balaban J connectivity index is 1.78. The van der Waals surface area contributed by atoms with Gasteiger partial charge >= 0.3 is 5.97 Å². The zero-order chi connectivity index (χ0) is 24.4. The zero-order valence-corrected chi connectivity index (χ0v) is 20.9. The Kier molecular flexibility index (Phi) is 7.13. The minimum Gasteiger partial charge on any atom is -0.466 e. The fraction of sp³-hybridized carbons (Fsp3) is 0.357. The average Bonchev–Trinajstić information content (AvgIpc) is 2.84. The molecule has 0 bridgehead atoms. The van der Waals surface area contributed by atoms with Gasteiger partial charge in [-0.2, -0.15) is 0 Å². The van der Waals surface area contributed by atoms with Crippen molar-refractivity contribution >= 4 is 29.0 Å². The molecule has 1 aliphatic heterocycles. The number of Topliss-reactive ketones (excluding diaryl/α,β-unsaturated/α-hetero) is 1. The van der Waals surface area contributed by atoms with E-state index in [1.54, 1.807) is 0 Å². The van der Waals surface area contributed by atoms with Crippen LogP contribution in [0.3, 0.4) is 0 Å². The number of rotatable bonds is 6. The van der Waals surface area contributed by atoms with Crippen LogP contribution in [-0.2, 0) is 14.3 Å². The molecule has 1 aliphatic carbocycles. The van der Waals surface area contributed by atoms with Crippen LogP contribution >= 0.6 is 11.6 Å². The molecule has 2 aromatic carbocycles. The number of benzene rings is 2. The summed E-state index contributed by atoms with van der Waals surface area (Å²) in [4.78, 5) is 28.7. The van der Waals surface area contributed by atoms with E-state index in [0.29, 0.717) is 29.0 Å². The summed E-state index contributed by atoms with van der Waals surface area (Å²) in [5, 5.41) is 4.04. The van der Waals surface area contributed by atoms with Crippen LogP contribution in [0.1, 0.15) is 56.6 Å². The highest BCUT2D eigenvalue weighted by Crippen LogP contribution is 2.46. The third-order valence-corrected chi connectivity index (χ3v) is 7.28. The van der Waals surface area contributed by atoms with Crippen molar-refractivity contribution in [1.29, 1.82) is 0 Å². The number of anilines is 1. The predicted molar refractivity (Wildman–Crippen MR) is 136 cm³/mol. The molecular weight excluding hydrogens is 448 g/mol. The first kappa shape index (κ1) is 24.1. The molecule has 0 spiro atoms. The van der Waals surface area contributed by atoms with Gasteiger partial charge in [-0.05, 0) is 62.4 Å². The van der Waals surface area contributed by atoms with Crippen molar-refractivity contribution in [3.05, 3.63) is 87.2 Å². The Morgan fingerprint density at radius 1 is 1.09 bits per heavy atom. The third-order valence-electron chi connectivity index (χ3n) is 6.93. The van der Waals surface area contributed by atoms with Gasteiger partial charge in [0.15, 0.2) is 5.78 Å². The van der Waals surface area contributed by atoms with Crippen molar-refractivity contribution < 1.29 is 14.3 Å². The summed E-state index contributed by atoms with van der Waals surface area (Å²) in [6, 6.07) is 15.9. The Morgan fingerprint density at radius 2 is 1.76 bits per heavy atom. The van der Waals surface area contributed by atoms with Crippen molar-refractivity contribution in [3.8, 4) is 0 Å². The van der Waals surface area contributed by atoms with Gasteiger partial charge in [0.1, 0.15) is 0 Å². The Labute approximate surface area is 206 Å². The van der Waals surface area contributed by atoms with Crippen LogP contribution in [0.4, 0.5) is 5.69 Å². The molecule has 5 nitrogen and oxygen atoms in total. The van der Waals surface area contributed by atoms with E-state index < -0.39 is 11.9 Å². The minimum atomic E-state index is -0.464. The van der Waals surface area contributed by atoms with Crippen LogP contribution in [0.25, 0.3) is 0 Å². The van der Waals surface area contributed by atoms with Gasteiger partial charge in [-0.25, -0.2) is 4.79 Å². The fourth-order valence-electron chi connectivity index (χ4n) is 5.25. The van der Waals surface area contributed by atoms with Crippen LogP contribution in [-0.4, -0.2) is 32.0 Å². The number of carbonyl (C=O) groups is 2. The molecule has 4 rings (SSSR count). The van der Waals surface area contributed by atoms with Crippen LogP contribution in [0.15, 0.2) is 71.1 Å². The molecule has 0 fully saturated rings. The Hall–Kier alpha value is -3.05. The monoisotopic (exact) mass is 478 g/mol. The molecule has 6 heteroatoms. The second kappa shape index (κ2) is 10.1. The van der Waals surface area contributed by atoms with Gasteiger partial charge in [-0.15, -0.1) is 0 Å². The van der Waals surface area contributed by atoms with E-state index >= 15 is 0 Å². The number of dihydropyridines is 1. The number of carbonyl (C=O) groups excluding carboxylic acids is 2. The van der Waals surface area contributed by atoms with Crippen molar-refractivity contribution in [2.45, 2.75) is 45.4 Å². The first-order valence-corrected chi connectivity index (χ1v) is 12.2. The molecule has 0 unspecified atom stereocenters. The van der Waals surface area contributed by atoms with E-state index in [1.807, 2.05) is 43.3 Å². The number of hydrogen-bond donors (Lipinski definition) is 1. The first-order valence-electron chi connectivity index (χ1n) is 11.8. The number of ether oxygens (including phenoxy) is 1. The highest BCUT2D eigenvalue weighted by atomic mass is 35.5. The molecular formula is C28H31ClN2O3. The maximum atomic E-state index is 13.6. The number of hydrogen-bond acceptors (Lipinski definition) is 5. The summed E-state index contributed by atoms with van der Waals surface area (Å²) < 4.78 is 5.13. The lowest BCUT2D eigenvalue weighted by atomic mass is 9.71. The van der Waals surface area contributed by atoms with E-state index in [4.69, 9.17) is 16.3 Å². The molecule has 1 N–H and O–H groups in total. The second-order valence-electron chi connectivity index (χ2n) is 8.79. The first-order chi connectivity index (χ1) is 16.4. The van der Waals surface area contributed by atoms with E-state index in [1.165, 1.54) is 7.11 Å². The van der Waals surface area contributed by atoms with Crippen molar-refractivity contribution in [3.63, 3.8) is 0 Å². The van der Waals surface area contributed by atoms with E-state index in [2.05, 4.69) is 36.2 Å². The van der Waals surface area contributed by atoms with Gasteiger partial charge in [0, 0.05) is 53.1 Å². The standard InChI is InChI=1S/C28H31ClN2O3/c1-5-31(6-2)20-13-11-18(12-14-20)26-25(28(33)34-4)17(3)30-23-15-19(16-24(32)27(23)26)21-9-7-8-10-22(21)29/h7-14,19,26,30H,5-6,15-16H2,1-4H3/t19-,26-/m1/s1. The topological polar surface area (TPSA) is 58.6 Å². The number of methoxy groups -OCH3 is 1. The van der Waals surface area contributed by atoms with Crippen LogP contribution in [0.2, 0.25) is 5.02 Å². The SMILES string of the molecule is CCN(CC)c1ccc([C@@H]2C(C(=O)OC)=C(C)NC3=C2C(=O)C[C@H](c2ccccc2Cl)C3)cc1. The maximum Gasteiger partial charge on any atom is 0.336 e. The zero-order valence-electron chi connectivity index (χ0n) is 20.2. The lowest BCUT2D eigenvalue weighted by Gasteiger charge is -2.37. The van der Waals surface area contributed by atoms with Crippen molar-refractivity contribution in [1.82, 2.24) is 5.32 Å². The van der Waals surface area contributed by atoms with Gasteiger partial charge in [0.05, 0.1) is 12.7 Å². The average molecular weight is 479 g/mol. The maximum absolute atomic E-state index is 13.6. The normalized spacial score (nSPS) is 20.1. The highest BCUT2D eigenvalue weighted by Gasteiger charge is 2.41. The van der Waals surface area contributed by atoms with Crippen LogP contribution in [0.5, 0.6) is 0 Å². The molecule has 0 saturated carbocycles. The summed E-state index contributed by atoms with van der Waals surface area (Å²) >= 11 is 6.46. The predicted octanol–water partition coefficient (Wildman–Crippen LogP) is 5.72. The largest absolute Gasteiger partial charge is 0.466 e. The van der Waals surface area contributed by atoms with Crippen LogP contribution in [0, 0.1) is 0 Å². The smallest absolute Gasteiger partial charge is 0.336 e. The van der Waals surface area contributed by atoms with Gasteiger partial charge < -0.3 is 15.0 Å². The quantitative estimate of drug-likeness (QED) is 0.538. The molecule has 34 heavy (non-hydrogen) atoms. The summed E-state index contributed by atoms with van der Waals surface area (Å²) in [5.74, 6) is -0.861.